The zero-order chi connectivity index (χ0) is 21.4. The van der Waals surface area contributed by atoms with Gasteiger partial charge in [-0.2, -0.15) is 0 Å². The predicted molar refractivity (Wildman–Crippen MR) is 119 cm³/mol. The molecule has 0 aromatic heterocycles. The molecule has 0 saturated heterocycles. The maximum atomic E-state index is 13.3. The van der Waals surface area contributed by atoms with Crippen molar-refractivity contribution in [3.05, 3.63) is 70.8 Å². The molecule has 4 nitrogen and oxygen atoms in total. The first-order chi connectivity index (χ1) is 13.8. The fourth-order valence-corrected chi connectivity index (χ4v) is 3.53. The average Bonchev–Trinajstić information content (AvgIpc) is 2.68. The predicted octanol–water partition coefficient (Wildman–Crippen LogP) is 4.22. The number of carbonyl (C=O) groups is 2. The highest BCUT2D eigenvalue weighted by molar-refractivity contribution is 5.88. The Bertz CT molecular complexity index is 815. The normalized spacial score (nSPS) is 11.9. The highest BCUT2D eigenvalue weighted by Gasteiger charge is 2.28. The Hall–Kier alpha value is -2.62. The molecular formula is C25H34N2O2. The summed E-state index contributed by atoms with van der Waals surface area (Å²) in [6, 6.07) is 15.9. The second kappa shape index (κ2) is 10.8. The molecule has 29 heavy (non-hydrogen) atoms. The number of hydrogen-bond donors (Lipinski definition) is 1. The van der Waals surface area contributed by atoms with Gasteiger partial charge in [0.1, 0.15) is 6.04 Å². The van der Waals surface area contributed by atoms with Crippen molar-refractivity contribution >= 4 is 11.8 Å². The number of hydrogen-bond acceptors (Lipinski definition) is 2. The van der Waals surface area contributed by atoms with Crippen molar-refractivity contribution in [2.75, 3.05) is 6.54 Å². The summed E-state index contributed by atoms with van der Waals surface area (Å²) >= 11 is 0. The first-order valence-corrected chi connectivity index (χ1v) is 10.5. The lowest BCUT2D eigenvalue weighted by atomic mass is 10.0. The van der Waals surface area contributed by atoms with Crippen molar-refractivity contribution < 1.29 is 9.59 Å². The molecule has 4 heteroatoms. The standard InChI is InChI=1S/C25H34N2O2/c1-6-23(25(29)26-18(2)3)27(15-14-21-10-8-7-9-11-21)24(28)17-22-16-19(4)12-13-20(22)5/h7-13,16,18,23H,6,14-15,17H2,1-5H3,(H,26,29)/t23-/m1/s1. The van der Waals surface area contributed by atoms with Gasteiger partial charge in [0, 0.05) is 12.6 Å². The third-order valence-corrected chi connectivity index (χ3v) is 5.15. The maximum Gasteiger partial charge on any atom is 0.242 e. The lowest BCUT2D eigenvalue weighted by Gasteiger charge is -2.31. The third kappa shape index (κ3) is 6.74. The van der Waals surface area contributed by atoms with Gasteiger partial charge in [-0.25, -0.2) is 0 Å². The summed E-state index contributed by atoms with van der Waals surface area (Å²) < 4.78 is 0. The minimum absolute atomic E-state index is 0.000359. The molecular weight excluding hydrogens is 360 g/mol. The summed E-state index contributed by atoms with van der Waals surface area (Å²) in [5.74, 6) is -0.0785. The van der Waals surface area contributed by atoms with Crippen molar-refractivity contribution in [1.82, 2.24) is 10.2 Å². The second-order valence-corrected chi connectivity index (χ2v) is 8.02. The summed E-state index contributed by atoms with van der Waals surface area (Å²) in [5.41, 5.74) is 4.43. The van der Waals surface area contributed by atoms with E-state index >= 15 is 0 Å². The number of amides is 2. The van der Waals surface area contributed by atoms with E-state index < -0.39 is 6.04 Å². The van der Waals surface area contributed by atoms with Crippen LogP contribution in [0.2, 0.25) is 0 Å². The van der Waals surface area contributed by atoms with Crippen LogP contribution in [0.3, 0.4) is 0 Å². The van der Waals surface area contributed by atoms with E-state index in [0.717, 1.165) is 28.7 Å². The van der Waals surface area contributed by atoms with E-state index in [1.54, 1.807) is 4.90 Å². The van der Waals surface area contributed by atoms with Gasteiger partial charge in [0.2, 0.25) is 11.8 Å². The summed E-state index contributed by atoms with van der Waals surface area (Å²) in [6.45, 7) is 10.4. The molecule has 0 fully saturated rings. The molecule has 0 radical (unpaired) electrons. The van der Waals surface area contributed by atoms with Crippen LogP contribution < -0.4 is 5.32 Å². The maximum absolute atomic E-state index is 13.3. The smallest absolute Gasteiger partial charge is 0.242 e. The Kier molecular flexibility index (Phi) is 8.44. The number of benzene rings is 2. The molecule has 0 aliphatic carbocycles. The average molecular weight is 395 g/mol. The monoisotopic (exact) mass is 394 g/mol. The van der Waals surface area contributed by atoms with Gasteiger partial charge in [0.15, 0.2) is 0 Å². The molecule has 1 N–H and O–H groups in total. The van der Waals surface area contributed by atoms with Crippen molar-refractivity contribution in [3.63, 3.8) is 0 Å². The van der Waals surface area contributed by atoms with Gasteiger partial charge in [0.25, 0.3) is 0 Å². The van der Waals surface area contributed by atoms with Crippen LogP contribution in [-0.2, 0) is 22.4 Å². The number of nitrogens with one attached hydrogen (secondary N) is 1. The van der Waals surface area contributed by atoms with Crippen molar-refractivity contribution in [1.29, 1.82) is 0 Å². The minimum atomic E-state index is -0.460. The van der Waals surface area contributed by atoms with Crippen LogP contribution in [0.5, 0.6) is 0 Å². The van der Waals surface area contributed by atoms with Crippen LogP contribution in [0.25, 0.3) is 0 Å². The fraction of sp³-hybridized carbons (Fsp3) is 0.440. The molecule has 0 bridgehead atoms. The topological polar surface area (TPSA) is 49.4 Å². The van der Waals surface area contributed by atoms with Crippen LogP contribution in [-0.4, -0.2) is 35.3 Å². The van der Waals surface area contributed by atoms with Crippen molar-refractivity contribution in [2.45, 2.75) is 66.0 Å². The molecule has 2 rings (SSSR count). The van der Waals surface area contributed by atoms with E-state index in [1.807, 2.05) is 52.8 Å². The Balaban J connectivity index is 2.24. The first kappa shape index (κ1) is 22.7. The van der Waals surface area contributed by atoms with Crippen LogP contribution >= 0.6 is 0 Å². The Morgan fingerprint density at radius 2 is 1.72 bits per heavy atom. The van der Waals surface area contributed by atoms with E-state index in [1.165, 1.54) is 0 Å². The molecule has 2 aromatic rings. The molecule has 0 aliphatic heterocycles. The summed E-state index contributed by atoms with van der Waals surface area (Å²) in [5, 5.41) is 2.98. The lowest BCUT2D eigenvalue weighted by molar-refractivity contribution is -0.140. The zero-order valence-electron chi connectivity index (χ0n) is 18.4. The highest BCUT2D eigenvalue weighted by atomic mass is 16.2. The minimum Gasteiger partial charge on any atom is -0.352 e. The van der Waals surface area contributed by atoms with Crippen molar-refractivity contribution in [3.8, 4) is 0 Å². The van der Waals surface area contributed by atoms with Gasteiger partial charge in [-0.3, -0.25) is 9.59 Å². The molecule has 0 aliphatic rings. The van der Waals surface area contributed by atoms with Gasteiger partial charge in [-0.1, -0.05) is 61.0 Å². The lowest BCUT2D eigenvalue weighted by Crippen LogP contribution is -2.51. The first-order valence-electron chi connectivity index (χ1n) is 10.5. The number of aryl methyl sites for hydroxylation is 2. The Labute approximate surface area is 175 Å². The van der Waals surface area contributed by atoms with Crippen molar-refractivity contribution in [2.24, 2.45) is 0 Å². The Morgan fingerprint density at radius 3 is 2.34 bits per heavy atom. The Morgan fingerprint density at radius 1 is 1.03 bits per heavy atom. The molecule has 156 valence electrons. The number of rotatable bonds is 9. The molecule has 2 aromatic carbocycles. The highest BCUT2D eigenvalue weighted by Crippen LogP contribution is 2.16. The number of carbonyl (C=O) groups excluding carboxylic acids is 2. The second-order valence-electron chi connectivity index (χ2n) is 8.02. The van der Waals surface area contributed by atoms with Crippen LogP contribution in [0.1, 0.15) is 49.4 Å². The zero-order valence-corrected chi connectivity index (χ0v) is 18.4. The van der Waals surface area contributed by atoms with Gasteiger partial charge in [-0.05, 0) is 57.2 Å². The fourth-order valence-electron chi connectivity index (χ4n) is 3.53. The van der Waals surface area contributed by atoms with Crippen LogP contribution in [0.4, 0.5) is 0 Å². The van der Waals surface area contributed by atoms with E-state index in [2.05, 4.69) is 35.6 Å². The molecule has 0 saturated carbocycles. The summed E-state index contributed by atoms with van der Waals surface area (Å²) in [7, 11) is 0. The summed E-state index contributed by atoms with van der Waals surface area (Å²) in [4.78, 5) is 27.9. The molecule has 0 heterocycles. The van der Waals surface area contributed by atoms with Crippen LogP contribution in [0, 0.1) is 13.8 Å². The van der Waals surface area contributed by atoms with Gasteiger partial charge in [-0.15, -0.1) is 0 Å². The van der Waals surface area contributed by atoms with Gasteiger partial charge < -0.3 is 10.2 Å². The van der Waals surface area contributed by atoms with E-state index in [9.17, 15) is 9.59 Å². The quantitative estimate of drug-likeness (QED) is 0.692. The van der Waals surface area contributed by atoms with Crippen LogP contribution in [0.15, 0.2) is 48.5 Å². The summed E-state index contributed by atoms with van der Waals surface area (Å²) in [6.07, 6.45) is 1.63. The molecule has 1 atom stereocenters. The SMILES string of the molecule is CC[C@H](C(=O)NC(C)C)N(CCc1ccccc1)C(=O)Cc1cc(C)ccc1C. The third-order valence-electron chi connectivity index (χ3n) is 5.15. The largest absolute Gasteiger partial charge is 0.352 e. The molecule has 0 unspecified atom stereocenters. The molecule has 0 spiro atoms. The van der Waals surface area contributed by atoms with E-state index in [0.29, 0.717) is 19.4 Å². The van der Waals surface area contributed by atoms with E-state index in [-0.39, 0.29) is 17.9 Å². The van der Waals surface area contributed by atoms with E-state index in [4.69, 9.17) is 0 Å². The van der Waals surface area contributed by atoms with Gasteiger partial charge in [0.05, 0.1) is 6.42 Å². The molecule has 2 amide bonds. The number of nitrogens with zero attached hydrogens (tertiary/aromatic N) is 1. The van der Waals surface area contributed by atoms with Gasteiger partial charge >= 0.3 is 0 Å².